The number of hydrogen-bond donors (Lipinski definition) is 1. The summed E-state index contributed by atoms with van der Waals surface area (Å²) in [7, 11) is 1.62. The fourth-order valence-corrected chi connectivity index (χ4v) is 4.98. The number of rotatable bonds is 6. The lowest BCUT2D eigenvalue weighted by Gasteiger charge is -2.44. The van der Waals surface area contributed by atoms with E-state index in [2.05, 4.69) is 5.32 Å². The highest BCUT2D eigenvalue weighted by Gasteiger charge is 2.48. The lowest BCUT2D eigenvalue weighted by molar-refractivity contribution is -0.133. The first-order chi connectivity index (χ1) is 16.0. The van der Waals surface area contributed by atoms with Crippen molar-refractivity contribution in [3.8, 4) is 17.2 Å². The number of carbonyl (C=O) groups excluding carboxylic acids is 2. The van der Waals surface area contributed by atoms with Crippen LogP contribution >= 0.6 is 0 Å². The molecule has 1 saturated carbocycles. The number of amides is 2. The number of fused-ring (bicyclic) bond motifs is 1. The SMILES string of the molecule is COc1ccc(CN2C(=O)c3ccc(-c4ccco4)n3C[C@@]2(C)C(=O)NC2CCCC2)cc1. The molecule has 5 rings (SSSR count). The molecule has 0 saturated heterocycles. The molecule has 1 aromatic carbocycles. The molecule has 2 aliphatic rings. The molecule has 1 aliphatic carbocycles. The van der Waals surface area contributed by atoms with Gasteiger partial charge in [0.2, 0.25) is 5.91 Å². The predicted molar refractivity (Wildman–Crippen MR) is 124 cm³/mol. The number of nitrogens with one attached hydrogen (secondary N) is 1. The van der Waals surface area contributed by atoms with Crippen LogP contribution in [0.15, 0.2) is 59.2 Å². The van der Waals surface area contributed by atoms with E-state index < -0.39 is 5.54 Å². The van der Waals surface area contributed by atoms with E-state index in [1.165, 1.54) is 0 Å². The Labute approximate surface area is 193 Å². The zero-order chi connectivity index (χ0) is 23.0. The van der Waals surface area contributed by atoms with E-state index >= 15 is 0 Å². The predicted octanol–water partition coefficient (Wildman–Crippen LogP) is 4.23. The molecule has 1 aliphatic heterocycles. The van der Waals surface area contributed by atoms with Crippen LogP contribution in [-0.2, 0) is 17.9 Å². The highest BCUT2D eigenvalue weighted by Crippen LogP contribution is 2.35. The molecule has 1 N–H and O–H groups in total. The van der Waals surface area contributed by atoms with E-state index in [1.54, 1.807) is 18.3 Å². The smallest absolute Gasteiger partial charge is 0.271 e. The molecular weight excluding hydrogens is 418 g/mol. The van der Waals surface area contributed by atoms with E-state index in [4.69, 9.17) is 9.15 Å². The Morgan fingerprint density at radius 2 is 1.85 bits per heavy atom. The largest absolute Gasteiger partial charge is 0.497 e. The summed E-state index contributed by atoms with van der Waals surface area (Å²) < 4.78 is 12.8. The standard InChI is InChI=1S/C26H29N3O4/c1-26(25(31)27-19-6-3-4-7-19)17-28-21(23-8-5-15-33-23)13-14-22(28)24(30)29(26)16-18-9-11-20(32-2)12-10-18/h5,8-15,19H,3-4,6-7,16-17H2,1-2H3,(H,27,31)/t26-/m0/s1. The summed E-state index contributed by atoms with van der Waals surface area (Å²) in [6.45, 7) is 2.55. The number of ether oxygens (including phenoxy) is 1. The first kappa shape index (κ1) is 21.4. The topological polar surface area (TPSA) is 76.7 Å². The van der Waals surface area contributed by atoms with Gasteiger partial charge in [-0.25, -0.2) is 0 Å². The average molecular weight is 448 g/mol. The Kier molecular flexibility index (Phi) is 5.48. The molecule has 7 nitrogen and oxygen atoms in total. The molecule has 2 amide bonds. The summed E-state index contributed by atoms with van der Waals surface area (Å²) in [6, 6.07) is 15.2. The number of nitrogens with zero attached hydrogens (tertiary/aromatic N) is 2. The van der Waals surface area contributed by atoms with Gasteiger partial charge in [0.1, 0.15) is 22.7 Å². The Morgan fingerprint density at radius 1 is 1.12 bits per heavy atom. The van der Waals surface area contributed by atoms with Crippen LogP contribution in [0, 0.1) is 0 Å². The number of benzene rings is 1. The number of aromatic nitrogens is 1. The van der Waals surface area contributed by atoms with Crippen LogP contribution in [0.1, 0.15) is 48.7 Å². The fraction of sp³-hybridized carbons (Fsp3) is 0.385. The number of hydrogen-bond acceptors (Lipinski definition) is 4. The van der Waals surface area contributed by atoms with Crippen molar-refractivity contribution in [1.82, 2.24) is 14.8 Å². The second kappa shape index (κ2) is 8.46. The zero-order valence-electron chi connectivity index (χ0n) is 19.0. The molecular formula is C26H29N3O4. The maximum absolute atomic E-state index is 13.8. The van der Waals surface area contributed by atoms with Crippen molar-refractivity contribution < 1.29 is 18.7 Å². The van der Waals surface area contributed by atoms with E-state index in [9.17, 15) is 9.59 Å². The van der Waals surface area contributed by atoms with Gasteiger partial charge in [0, 0.05) is 12.6 Å². The van der Waals surface area contributed by atoms with Crippen LogP contribution in [0.4, 0.5) is 0 Å². The normalized spacial score (nSPS) is 20.7. The van der Waals surface area contributed by atoms with Gasteiger partial charge in [-0.1, -0.05) is 25.0 Å². The monoisotopic (exact) mass is 447 g/mol. The van der Waals surface area contributed by atoms with Crippen molar-refractivity contribution in [2.45, 2.75) is 57.3 Å². The zero-order valence-corrected chi connectivity index (χ0v) is 19.0. The van der Waals surface area contributed by atoms with Gasteiger partial charge in [-0.05, 0) is 61.7 Å². The minimum Gasteiger partial charge on any atom is -0.497 e. The first-order valence-electron chi connectivity index (χ1n) is 11.5. The van der Waals surface area contributed by atoms with Gasteiger partial charge in [-0.2, -0.15) is 0 Å². The molecule has 0 unspecified atom stereocenters. The van der Waals surface area contributed by atoms with Crippen LogP contribution in [0.25, 0.3) is 11.5 Å². The Morgan fingerprint density at radius 3 is 2.52 bits per heavy atom. The third-order valence-electron chi connectivity index (χ3n) is 6.96. The second-order valence-corrected chi connectivity index (χ2v) is 9.14. The highest BCUT2D eigenvalue weighted by molar-refractivity contribution is 6.00. The molecule has 33 heavy (non-hydrogen) atoms. The Bertz CT molecular complexity index is 1140. The van der Waals surface area contributed by atoms with Gasteiger partial charge < -0.3 is 23.9 Å². The number of carbonyl (C=O) groups is 2. The molecule has 0 bridgehead atoms. The second-order valence-electron chi connectivity index (χ2n) is 9.14. The van der Waals surface area contributed by atoms with Crippen LogP contribution in [-0.4, -0.2) is 40.0 Å². The highest BCUT2D eigenvalue weighted by atomic mass is 16.5. The van der Waals surface area contributed by atoms with Crippen molar-refractivity contribution in [3.05, 3.63) is 66.1 Å². The summed E-state index contributed by atoms with van der Waals surface area (Å²) in [4.78, 5) is 29.2. The van der Waals surface area contributed by atoms with Gasteiger partial charge >= 0.3 is 0 Å². The summed E-state index contributed by atoms with van der Waals surface area (Å²) in [5, 5.41) is 3.23. The fourth-order valence-electron chi connectivity index (χ4n) is 4.98. The van der Waals surface area contributed by atoms with Crippen LogP contribution < -0.4 is 10.1 Å². The molecule has 7 heteroatoms. The van der Waals surface area contributed by atoms with Gasteiger partial charge in [-0.15, -0.1) is 0 Å². The molecule has 3 aromatic rings. The summed E-state index contributed by atoms with van der Waals surface area (Å²) in [6.07, 6.45) is 5.84. The van der Waals surface area contributed by atoms with Gasteiger partial charge in [0.25, 0.3) is 5.91 Å². The van der Waals surface area contributed by atoms with Crippen molar-refractivity contribution in [2.75, 3.05) is 7.11 Å². The molecule has 3 heterocycles. The van der Waals surface area contributed by atoms with Gasteiger partial charge in [0.05, 0.1) is 25.6 Å². The summed E-state index contributed by atoms with van der Waals surface area (Å²) >= 11 is 0. The van der Waals surface area contributed by atoms with E-state index in [0.717, 1.165) is 42.7 Å². The number of methoxy groups -OCH3 is 1. The summed E-state index contributed by atoms with van der Waals surface area (Å²) in [5.41, 5.74) is 1.25. The minimum absolute atomic E-state index is 0.110. The molecule has 0 spiro atoms. The maximum atomic E-state index is 13.8. The molecule has 2 aromatic heterocycles. The maximum Gasteiger partial charge on any atom is 0.271 e. The average Bonchev–Trinajstić information content (AvgIpc) is 3.59. The van der Waals surface area contributed by atoms with Crippen molar-refractivity contribution in [2.24, 2.45) is 0 Å². The van der Waals surface area contributed by atoms with Crippen LogP contribution in [0.3, 0.4) is 0 Å². The Balaban J connectivity index is 1.52. The quantitative estimate of drug-likeness (QED) is 0.614. The van der Waals surface area contributed by atoms with Crippen LogP contribution in [0.5, 0.6) is 5.75 Å². The van der Waals surface area contributed by atoms with Gasteiger partial charge in [0.15, 0.2) is 0 Å². The lowest BCUT2D eigenvalue weighted by Crippen LogP contribution is -2.64. The number of furan rings is 1. The van der Waals surface area contributed by atoms with Crippen molar-refractivity contribution in [3.63, 3.8) is 0 Å². The van der Waals surface area contributed by atoms with Gasteiger partial charge in [-0.3, -0.25) is 9.59 Å². The molecule has 1 fully saturated rings. The molecule has 1 atom stereocenters. The van der Waals surface area contributed by atoms with E-state index in [1.807, 2.05) is 60.0 Å². The molecule has 172 valence electrons. The van der Waals surface area contributed by atoms with Crippen molar-refractivity contribution in [1.29, 1.82) is 0 Å². The first-order valence-corrected chi connectivity index (χ1v) is 11.5. The van der Waals surface area contributed by atoms with E-state index in [0.29, 0.717) is 24.5 Å². The minimum atomic E-state index is -1.05. The third-order valence-corrected chi connectivity index (χ3v) is 6.96. The van der Waals surface area contributed by atoms with Crippen LogP contribution in [0.2, 0.25) is 0 Å². The molecule has 0 radical (unpaired) electrons. The lowest BCUT2D eigenvalue weighted by atomic mass is 9.93. The van der Waals surface area contributed by atoms with E-state index in [-0.39, 0.29) is 17.9 Å². The summed E-state index contributed by atoms with van der Waals surface area (Å²) in [5.74, 6) is 1.15. The Hall–Kier alpha value is -3.48. The van der Waals surface area contributed by atoms with Crippen molar-refractivity contribution >= 4 is 11.8 Å². The third kappa shape index (κ3) is 3.81.